The molecule has 0 bridgehead atoms. The first-order valence-electron chi connectivity index (χ1n) is 6.87. The Kier molecular flexibility index (Phi) is 3.37. The van der Waals surface area contributed by atoms with E-state index in [-0.39, 0.29) is 0 Å². The Morgan fingerprint density at radius 2 is 2.33 bits per heavy atom. The number of anilines is 1. The van der Waals surface area contributed by atoms with Gasteiger partial charge in [-0.15, -0.1) is 0 Å². The number of hydrogen-bond donors (Lipinski definition) is 1. The van der Waals surface area contributed by atoms with E-state index in [4.69, 9.17) is 4.74 Å². The fraction of sp³-hybridized carbons (Fsp3) is 0.643. The van der Waals surface area contributed by atoms with E-state index < -0.39 is 0 Å². The SMILES string of the molecule is CC1CCN(c2cncc(OCC3CCN3)c2)C1. The van der Waals surface area contributed by atoms with Crippen molar-refractivity contribution in [2.75, 3.05) is 31.1 Å². The summed E-state index contributed by atoms with van der Waals surface area (Å²) in [5.74, 6) is 1.68. The summed E-state index contributed by atoms with van der Waals surface area (Å²) in [5, 5.41) is 3.34. The molecule has 0 aliphatic carbocycles. The van der Waals surface area contributed by atoms with Crippen LogP contribution in [0.4, 0.5) is 5.69 Å². The van der Waals surface area contributed by atoms with Crippen LogP contribution in [-0.2, 0) is 0 Å². The van der Waals surface area contributed by atoms with E-state index in [2.05, 4.69) is 28.2 Å². The van der Waals surface area contributed by atoms with Crippen LogP contribution in [0.5, 0.6) is 5.75 Å². The first-order chi connectivity index (χ1) is 8.81. The molecule has 1 aromatic heterocycles. The predicted octanol–water partition coefficient (Wildman–Crippen LogP) is 1.67. The van der Waals surface area contributed by atoms with Gasteiger partial charge in [0.05, 0.1) is 18.1 Å². The molecule has 18 heavy (non-hydrogen) atoms. The molecule has 2 unspecified atom stereocenters. The number of nitrogens with zero attached hydrogens (tertiary/aromatic N) is 2. The Morgan fingerprint density at radius 3 is 3.00 bits per heavy atom. The molecule has 3 rings (SSSR count). The second-order valence-electron chi connectivity index (χ2n) is 5.47. The molecule has 4 nitrogen and oxygen atoms in total. The summed E-state index contributed by atoms with van der Waals surface area (Å²) < 4.78 is 5.79. The van der Waals surface area contributed by atoms with Crippen molar-refractivity contribution >= 4 is 5.69 Å². The number of nitrogens with one attached hydrogen (secondary N) is 1. The molecule has 2 atom stereocenters. The lowest BCUT2D eigenvalue weighted by atomic mass is 10.1. The number of rotatable bonds is 4. The highest BCUT2D eigenvalue weighted by atomic mass is 16.5. The zero-order valence-electron chi connectivity index (χ0n) is 10.9. The van der Waals surface area contributed by atoms with Gasteiger partial charge in [0.15, 0.2) is 0 Å². The molecular weight excluding hydrogens is 226 g/mol. The van der Waals surface area contributed by atoms with Crippen molar-refractivity contribution in [3.63, 3.8) is 0 Å². The quantitative estimate of drug-likeness (QED) is 0.878. The highest BCUT2D eigenvalue weighted by Crippen LogP contribution is 2.25. The molecule has 2 fully saturated rings. The van der Waals surface area contributed by atoms with Gasteiger partial charge in [0.2, 0.25) is 0 Å². The summed E-state index contributed by atoms with van der Waals surface area (Å²) in [7, 11) is 0. The van der Waals surface area contributed by atoms with Gasteiger partial charge in [-0.05, 0) is 25.3 Å². The Hall–Kier alpha value is -1.29. The van der Waals surface area contributed by atoms with Gasteiger partial charge in [0.25, 0.3) is 0 Å². The van der Waals surface area contributed by atoms with Crippen LogP contribution in [0, 0.1) is 5.92 Å². The molecule has 0 amide bonds. The molecule has 2 aliphatic rings. The van der Waals surface area contributed by atoms with Crippen LogP contribution in [0.25, 0.3) is 0 Å². The van der Waals surface area contributed by atoms with Crippen molar-refractivity contribution in [3.8, 4) is 5.75 Å². The Labute approximate surface area is 108 Å². The zero-order valence-corrected chi connectivity index (χ0v) is 10.9. The molecule has 2 saturated heterocycles. The van der Waals surface area contributed by atoms with Gasteiger partial charge in [-0.2, -0.15) is 0 Å². The van der Waals surface area contributed by atoms with Crippen LogP contribution < -0.4 is 15.0 Å². The van der Waals surface area contributed by atoms with Crippen molar-refractivity contribution in [3.05, 3.63) is 18.5 Å². The third kappa shape index (κ3) is 2.58. The van der Waals surface area contributed by atoms with Gasteiger partial charge in [0, 0.05) is 25.2 Å². The lowest BCUT2D eigenvalue weighted by molar-refractivity contribution is 0.217. The molecular formula is C14H21N3O. The average molecular weight is 247 g/mol. The Morgan fingerprint density at radius 1 is 1.44 bits per heavy atom. The number of aromatic nitrogens is 1. The molecule has 4 heteroatoms. The van der Waals surface area contributed by atoms with Gasteiger partial charge in [-0.3, -0.25) is 4.98 Å². The number of hydrogen-bond acceptors (Lipinski definition) is 4. The summed E-state index contributed by atoms with van der Waals surface area (Å²) in [5.41, 5.74) is 1.19. The molecule has 2 aliphatic heterocycles. The van der Waals surface area contributed by atoms with Crippen LogP contribution in [0.15, 0.2) is 18.5 Å². The van der Waals surface area contributed by atoms with E-state index in [0.29, 0.717) is 6.04 Å². The molecule has 0 saturated carbocycles. The Bertz CT molecular complexity index is 406. The largest absolute Gasteiger partial charge is 0.490 e. The number of ether oxygens (including phenoxy) is 1. The van der Waals surface area contributed by atoms with Crippen molar-refractivity contribution in [1.29, 1.82) is 0 Å². The fourth-order valence-corrected chi connectivity index (χ4v) is 2.52. The molecule has 1 aromatic rings. The lowest BCUT2D eigenvalue weighted by Crippen LogP contribution is -2.46. The minimum Gasteiger partial charge on any atom is -0.490 e. The minimum absolute atomic E-state index is 0.528. The number of pyridine rings is 1. The van der Waals surface area contributed by atoms with Gasteiger partial charge >= 0.3 is 0 Å². The van der Waals surface area contributed by atoms with Crippen LogP contribution in [0.3, 0.4) is 0 Å². The van der Waals surface area contributed by atoms with E-state index in [1.165, 1.54) is 18.5 Å². The summed E-state index contributed by atoms with van der Waals surface area (Å²) in [6.45, 7) is 6.45. The van der Waals surface area contributed by atoms with Crippen molar-refractivity contribution in [1.82, 2.24) is 10.3 Å². The van der Waals surface area contributed by atoms with Crippen LogP contribution in [0.2, 0.25) is 0 Å². The maximum absolute atomic E-state index is 5.79. The van der Waals surface area contributed by atoms with Crippen LogP contribution in [-0.4, -0.2) is 37.3 Å². The molecule has 0 aromatic carbocycles. The van der Waals surface area contributed by atoms with E-state index in [1.807, 2.05) is 12.4 Å². The maximum Gasteiger partial charge on any atom is 0.139 e. The molecule has 98 valence electrons. The summed E-state index contributed by atoms with van der Waals surface area (Å²) in [6.07, 6.45) is 6.24. The second-order valence-corrected chi connectivity index (χ2v) is 5.47. The Balaban J connectivity index is 1.61. The molecule has 0 spiro atoms. The molecule has 1 N–H and O–H groups in total. The maximum atomic E-state index is 5.79. The van der Waals surface area contributed by atoms with Gasteiger partial charge in [0.1, 0.15) is 12.4 Å². The molecule has 3 heterocycles. The highest BCUT2D eigenvalue weighted by Gasteiger charge is 2.20. The fourth-order valence-electron chi connectivity index (χ4n) is 2.52. The summed E-state index contributed by atoms with van der Waals surface area (Å²) in [6, 6.07) is 2.64. The monoisotopic (exact) mass is 247 g/mol. The summed E-state index contributed by atoms with van der Waals surface area (Å²) >= 11 is 0. The minimum atomic E-state index is 0.528. The van der Waals surface area contributed by atoms with Gasteiger partial charge < -0.3 is 15.0 Å². The van der Waals surface area contributed by atoms with Gasteiger partial charge in [-0.25, -0.2) is 0 Å². The first kappa shape index (κ1) is 11.8. The topological polar surface area (TPSA) is 37.4 Å². The highest BCUT2D eigenvalue weighted by molar-refractivity contribution is 5.48. The van der Waals surface area contributed by atoms with E-state index in [1.54, 1.807) is 0 Å². The van der Waals surface area contributed by atoms with Crippen molar-refractivity contribution < 1.29 is 4.74 Å². The predicted molar refractivity (Wildman–Crippen MR) is 72.1 cm³/mol. The van der Waals surface area contributed by atoms with Crippen molar-refractivity contribution in [2.24, 2.45) is 5.92 Å². The molecule has 0 radical (unpaired) electrons. The van der Waals surface area contributed by atoms with Gasteiger partial charge in [-0.1, -0.05) is 6.92 Å². The third-order valence-corrected chi connectivity index (χ3v) is 3.86. The van der Waals surface area contributed by atoms with E-state index in [9.17, 15) is 0 Å². The average Bonchev–Trinajstić information content (AvgIpc) is 2.74. The normalized spacial score (nSPS) is 27.1. The second kappa shape index (κ2) is 5.14. The van der Waals surface area contributed by atoms with E-state index in [0.717, 1.165) is 37.9 Å². The lowest BCUT2D eigenvalue weighted by Gasteiger charge is -2.27. The third-order valence-electron chi connectivity index (χ3n) is 3.86. The van der Waals surface area contributed by atoms with Crippen LogP contribution >= 0.6 is 0 Å². The standard InChI is InChI=1S/C14H21N3O/c1-11-3-5-17(9-11)13-6-14(8-15-7-13)18-10-12-2-4-16-12/h6-8,11-12,16H,2-5,9-10H2,1H3. The van der Waals surface area contributed by atoms with Crippen LogP contribution in [0.1, 0.15) is 19.8 Å². The van der Waals surface area contributed by atoms with Crippen molar-refractivity contribution in [2.45, 2.75) is 25.8 Å². The summed E-state index contributed by atoms with van der Waals surface area (Å²) in [4.78, 5) is 6.68. The smallest absolute Gasteiger partial charge is 0.139 e. The zero-order chi connectivity index (χ0) is 12.4. The van der Waals surface area contributed by atoms with E-state index >= 15 is 0 Å². The first-order valence-corrected chi connectivity index (χ1v) is 6.87.